The summed E-state index contributed by atoms with van der Waals surface area (Å²) in [6.45, 7) is 2.32. The van der Waals surface area contributed by atoms with Crippen LogP contribution < -0.4 is 10.5 Å². The molecule has 3 heteroatoms. The predicted molar refractivity (Wildman–Crippen MR) is 66.3 cm³/mol. The monoisotopic (exact) mass is 231 g/mol. The van der Waals surface area contributed by atoms with E-state index in [1.165, 1.54) is 12.1 Å². The van der Waals surface area contributed by atoms with Crippen LogP contribution in [0, 0.1) is 12.7 Å². The fourth-order valence-corrected chi connectivity index (χ4v) is 1.53. The lowest BCUT2D eigenvalue weighted by molar-refractivity contribution is 0.304. The highest BCUT2D eigenvalue weighted by atomic mass is 19.1. The van der Waals surface area contributed by atoms with Crippen LogP contribution in [0.5, 0.6) is 5.75 Å². The molecule has 2 rings (SSSR count). The van der Waals surface area contributed by atoms with Crippen molar-refractivity contribution >= 4 is 5.69 Å². The second-order valence-corrected chi connectivity index (χ2v) is 3.89. The summed E-state index contributed by atoms with van der Waals surface area (Å²) in [6, 6.07) is 11.8. The number of nitrogen functional groups attached to an aromatic ring is 1. The first-order valence-electron chi connectivity index (χ1n) is 5.39. The van der Waals surface area contributed by atoms with Crippen molar-refractivity contribution in [2.75, 3.05) is 5.73 Å². The first-order valence-corrected chi connectivity index (χ1v) is 5.39. The standard InChI is InChI=1S/C14H14FNO/c1-10-13(16)3-2-4-14(10)17-9-11-5-7-12(15)8-6-11/h2-8H,9,16H2,1H3. The second kappa shape index (κ2) is 4.87. The third-order valence-corrected chi connectivity index (χ3v) is 2.63. The van der Waals surface area contributed by atoms with Crippen molar-refractivity contribution in [1.82, 2.24) is 0 Å². The smallest absolute Gasteiger partial charge is 0.124 e. The van der Waals surface area contributed by atoms with Crippen LogP contribution in [0.25, 0.3) is 0 Å². The molecule has 0 unspecified atom stereocenters. The minimum atomic E-state index is -0.242. The van der Waals surface area contributed by atoms with Gasteiger partial charge in [-0.05, 0) is 36.8 Å². The van der Waals surface area contributed by atoms with E-state index < -0.39 is 0 Å². The van der Waals surface area contributed by atoms with Crippen LogP contribution >= 0.6 is 0 Å². The SMILES string of the molecule is Cc1c(N)cccc1OCc1ccc(F)cc1. The van der Waals surface area contributed by atoms with Crippen LogP contribution in [0.4, 0.5) is 10.1 Å². The first kappa shape index (κ1) is 11.5. The van der Waals surface area contributed by atoms with E-state index in [1.54, 1.807) is 12.1 Å². The largest absolute Gasteiger partial charge is 0.489 e. The molecular formula is C14H14FNO. The second-order valence-electron chi connectivity index (χ2n) is 3.89. The van der Waals surface area contributed by atoms with Crippen molar-refractivity contribution in [2.45, 2.75) is 13.5 Å². The molecule has 0 aliphatic carbocycles. The van der Waals surface area contributed by atoms with E-state index >= 15 is 0 Å². The van der Waals surface area contributed by atoms with Gasteiger partial charge < -0.3 is 10.5 Å². The van der Waals surface area contributed by atoms with E-state index in [9.17, 15) is 4.39 Å². The van der Waals surface area contributed by atoms with E-state index in [-0.39, 0.29) is 5.82 Å². The summed E-state index contributed by atoms with van der Waals surface area (Å²) >= 11 is 0. The quantitative estimate of drug-likeness (QED) is 0.822. The van der Waals surface area contributed by atoms with Crippen LogP contribution in [-0.4, -0.2) is 0 Å². The fraction of sp³-hybridized carbons (Fsp3) is 0.143. The highest BCUT2D eigenvalue weighted by Gasteiger charge is 2.02. The number of anilines is 1. The first-order chi connectivity index (χ1) is 8.16. The average Bonchev–Trinajstić information content (AvgIpc) is 2.33. The van der Waals surface area contributed by atoms with Gasteiger partial charge in [0, 0.05) is 11.3 Å². The Balaban J connectivity index is 2.07. The molecule has 0 saturated heterocycles. The molecule has 88 valence electrons. The number of rotatable bonds is 3. The zero-order valence-corrected chi connectivity index (χ0v) is 9.61. The molecule has 17 heavy (non-hydrogen) atoms. The zero-order valence-electron chi connectivity index (χ0n) is 9.61. The van der Waals surface area contributed by atoms with Gasteiger partial charge in [0.2, 0.25) is 0 Å². The van der Waals surface area contributed by atoms with Crippen molar-refractivity contribution in [3.05, 3.63) is 59.4 Å². The minimum Gasteiger partial charge on any atom is -0.489 e. The molecule has 0 heterocycles. The van der Waals surface area contributed by atoms with Gasteiger partial charge in [-0.3, -0.25) is 0 Å². The van der Waals surface area contributed by atoms with E-state index in [4.69, 9.17) is 10.5 Å². The number of halogens is 1. The molecule has 0 amide bonds. The Labute approximate surface area is 99.8 Å². The summed E-state index contributed by atoms with van der Waals surface area (Å²) in [5.74, 6) is 0.517. The van der Waals surface area contributed by atoms with E-state index in [0.717, 1.165) is 16.9 Å². The molecule has 0 spiro atoms. The molecule has 2 aromatic rings. The van der Waals surface area contributed by atoms with Gasteiger partial charge in [0.1, 0.15) is 18.2 Å². The van der Waals surface area contributed by atoms with E-state index in [0.29, 0.717) is 12.3 Å². The number of hydrogen-bond donors (Lipinski definition) is 1. The summed E-state index contributed by atoms with van der Waals surface area (Å²) in [7, 11) is 0. The maximum Gasteiger partial charge on any atom is 0.124 e. The molecule has 2 nitrogen and oxygen atoms in total. The van der Waals surface area contributed by atoms with Gasteiger partial charge in [0.05, 0.1) is 0 Å². The van der Waals surface area contributed by atoms with Crippen molar-refractivity contribution in [3.63, 3.8) is 0 Å². The van der Waals surface area contributed by atoms with Gasteiger partial charge >= 0.3 is 0 Å². The topological polar surface area (TPSA) is 35.2 Å². The summed E-state index contributed by atoms with van der Waals surface area (Å²) in [4.78, 5) is 0. The van der Waals surface area contributed by atoms with E-state index in [2.05, 4.69) is 0 Å². The predicted octanol–water partition coefficient (Wildman–Crippen LogP) is 3.30. The molecule has 0 aromatic heterocycles. The molecule has 0 bridgehead atoms. The third-order valence-electron chi connectivity index (χ3n) is 2.63. The van der Waals surface area contributed by atoms with E-state index in [1.807, 2.05) is 25.1 Å². The number of hydrogen-bond acceptors (Lipinski definition) is 2. The average molecular weight is 231 g/mol. The molecular weight excluding hydrogens is 217 g/mol. The van der Waals surface area contributed by atoms with Gasteiger partial charge in [0.15, 0.2) is 0 Å². The number of ether oxygens (including phenoxy) is 1. The van der Waals surface area contributed by atoms with Crippen molar-refractivity contribution in [1.29, 1.82) is 0 Å². The van der Waals surface area contributed by atoms with Crippen LogP contribution in [0.3, 0.4) is 0 Å². The number of benzene rings is 2. The van der Waals surface area contributed by atoms with Crippen LogP contribution in [0.15, 0.2) is 42.5 Å². The molecule has 0 radical (unpaired) electrons. The Morgan fingerprint density at radius 1 is 1.12 bits per heavy atom. The molecule has 0 atom stereocenters. The molecule has 0 aliphatic heterocycles. The van der Waals surface area contributed by atoms with Gasteiger partial charge in [-0.25, -0.2) is 4.39 Å². The van der Waals surface area contributed by atoms with Crippen molar-refractivity contribution in [2.24, 2.45) is 0 Å². The Morgan fingerprint density at radius 3 is 2.53 bits per heavy atom. The van der Waals surface area contributed by atoms with Crippen molar-refractivity contribution < 1.29 is 9.13 Å². The number of nitrogens with two attached hydrogens (primary N) is 1. The van der Waals surface area contributed by atoms with Crippen molar-refractivity contribution in [3.8, 4) is 5.75 Å². The highest BCUT2D eigenvalue weighted by molar-refractivity contribution is 5.53. The maximum atomic E-state index is 12.7. The minimum absolute atomic E-state index is 0.242. The van der Waals surface area contributed by atoms with Gasteiger partial charge in [0.25, 0.3) is 0 Å². The Hall–Kier alpha value is -2.03. The Morgan fingerprint density at radius 2 is 1.82 bits per heavy atom. The molecule has 0 fully saturated rings. The fourth-order valence-electron chi connectivity index (χ4n) is 1.53. The highest BCUT2D eigenvalue weighted by Crippen LogP contribution is 2.23. The normalized spacial score (nSPS) is 10.2. The Bertz CT molecular complexity index is 508. The summed E-state index contributed by atoms with van der Waals surface area (Å²) in [6.07, 6.45) is 0. The molecule has 0 aliphatic rings. The molecule has 2 aromatic carbocycles. The lowest BCUT2D eigenvalue weighted by atomic mass is 10.2. The third kappa shape index (κ3) is 2.75. The van der Waals surface area contributed by atoms with Gasteiger partial charge in [-0.2, -0.15) is 0 Å². The summed E-state index contributed by atoms with van der Waals surface area (Å²) in [5, 5.41) is 0. The summed E-state index contributed by atoms with van der Waals surface area (Å²) in [5.41, 5.74) is 8.34. The molecule has 0 saturated carbocycles. The van der Waals surface area contributed by atoms with Crippen LogP contribution in [0.1, 0.15) is 11.1 Å². The van der Waals surface area contributed by atoms with Crippen LogP contribution in [0.2, 0.25) is 0 Å². The lowest BCUT2D eigenvalue weighted by Gasteiger charge is -2.10. The van der Waals surface area contributed by atoms with Crippen LogP contribution in [-0.2, 0) is 6.61 Å². The Kier molecular flexibility index (Phi) is 3.28. The van der Waals surface area contributed by atoms with Gasteiger partial charge in [-0.1, -0.05) is 18.2 Å². The van der Waals surface area contributed by atoms with Gasteiger partial charge in [-0.15, -0.1) is 0 Å². The molecule has 2 N–H and O–H groups in total. The maximum absolute atomic E-state index is 12.7. The summed E-state index contributed by atoms with van der Waals surface area (Å²) < 4.78 is 18.4. The lowest BCUT2D eigenvalue weighted by Crippen LogP contribution is -1.99. The zero-order chi connectivity index (χ0) is 12.3.